The molecule has 21 heavy (non-hydrogen) atoms. The van der Waals surface area contributed by atoms with Crippen molar-refractivity contribution in [1.29, 1.82) is 0 Å². The summed E-state index contributed by atoms with van der Waals surface area (Å²) in [5, 5.41) is 3.70. The number of hydrogen-bond donors (Lipinski definition) is 1. The Morgan fingerprint density at radius 1 is 1.24 bits per heavy atom. The zero-order valence-electron chi connectivity index (χ0n) is 14.3. The van der Waals surface area contributed by atoms with Gasteiger partial charge in [0.2, 0.25) is 0 Å². The molecule has 2 unspecified atom stereocenters. The molecule has 1 aliphatic heterocycles. The molecule has 0 radical (unpaired) electrons. The second kappa shape index (κ2) is 7.39. The van der Waals surface area contributed by atoms with Gasteiger partial charge in [-0.1, -0.05) is 30.7 Å². The fourth-order valence-corrected chi connectivity index (χ4v) is 3.41. The van der Waals surface area contributed by atoms with Crippen LogP contribution in [0.25, 0.3) is 0 Å². The van der Waals surface area contributed by atoms with Crippen LogP contribution >= 0.6 is 0 Å². The van der Waals surface area contributed by atoms with Crippen molar-refractivity contribution in [2.24, 2.45) is 0 Å². The molecule has 0 aromatic heterocycles. The van der Waals surface area contributed by atoms with Gasteiger partial charge in [-0.25, -0.2) is 0 Å². The fraction of sp³-hybridized carbons (Fsp3) is 0.667. The Bertz CT molecular complexity index is 458. The quantitative estimate of drug-likeness (QED) is 0.899. The van der Waals surface area contributed by atoms with Crippen molar-refractivity contribution in [2.75, 3.05) is 40.3 Å². The highest BCUT2D eigenvalue weighted by Gasteiger charge is 2.26. The summed E-state index contributed by atoms with van der Waals surface area (Å²) in [6.45, 7) is 11.2. The van der Waals surface area contributed by atoms with Gasteiger partial charge in [-0.3, -0.25) is 0 Å². The van der Waals surface area contributed by atoms with E-state index in [4.69, 9.17) is 0 Å². The molecule has 118 valence electrons. The highest BCUT2D eigenvalue weighted by Crippen LogP contribution is 2.25. The lowest BCUT2D eigenvalue weighted by molar-refractivity contribution is 0.101. The first kappa shape index (κ1) is 16.5. The third-order valence-corrected chi connectivity index (χ3v) is 4.74. The van der Waals surface area contributed by atoms with Gasteiger partial charge in [-0.2, -0.15) is 0 Å². The lowest BCUT2D eigenvalue weighted by atomic mass is 9.93. The second-order valence-electron chi connectivity index (χ2n) is 6.60. The van der Waals surface area contributed by atoms with E-state index in [1.807, 2.05) is 0 Å². The molecule has 1 aromatic carbocycles. The highest BCUT2D eigenvalue weighted by atomic mass is 15.3. The van der Waals surface area contributed by atoms with Crippen LogP contribution < -0.4 is 5.32 Å². The summed E-state index contributed by atoms with van der Waals surface area (Å²) in [7, 11) is 4.50. The van der Waals surface area contributed by atoms with Crippen LogP contribution in [-0.4, -0.2) is 56.1 Å². The van der Waals surface area contributed by atoms with Crippen LogP contribution in [0, 0.1) is 13.8 Å². The van der Waals surface area contributed by atoms with Crippen molar-refractivity contribution in [3.63, 3.8) is 0 Å². The van der Waals surface area contributed by atoms with Crippen LogP contribution in [0.1, 0.15) is 36.1 Å². The minimum absolute atomic E-state index is 0.453. The molecule has 3 heteroatoms. The Kier molecular flexibility index (Phi) is 5.80. The predicted molar refractivity (Wildman–Crippen MR) is 90.9 cm³/mol. The molecule has 0 aliphatic carbocycles. The minimum Gasteiger partial charge on any atom is -0.310 e. The smallest absolute Gasteiger partial charge is 0.0338 e. The summed E-state index contributed by atoms with van der Waals surface area (Å²) >= 11 is 0. The van der Waals surface area contributed by atoms with E-state index in [9.17, 15) is 0 Å². The second-order valence-corrected chi connectivity index (χ2v) is 6.60. The van der Waals surface area contributed by atoms with Crippen LogP contribution in [0.4, 0.5) is 0 Å². The number of nitrogens with one attached hydrogen (secondary N) is 1. The number of hydrogen-bond acceptors (Lipinski definition) is 3. The zero-order chi connectivity index (χ0) is 15.4. The summed E-state index contributed by atoms with van der Waals surface area (Å²) in [5.74, 6) is 0. The number of likely N-dealkylation sites (N-methyl/N-ethyl adjacent to an activating group) is 2. The number of benzene rings is 1. The summed E-state index contributed by atoms with van der Waals surface area (Å²) in [6.07, 6.45) is 1.18. The maximum Gasteiger partial charge on any atom is 0.0338 e. The summed E-state index contributed by atoms with van der Waals surface area (Å²) in [6, 6.07) is 7.94. The van der Waals surface area contributed by atoms with E-state index in [1.54, 1.807) is 0 Å². The molecule has 1 aliphatic rings. The van der Waals surface area contributed by atoms with Gasteiger partial charge in [0, 0.05) is 31.7 Å². The van der Waals surface area contributed by atoms with Gasteiger partial charge < -0.3 is 15.1 Å². The van der Waals surface area contributed by atoms with Crippen molar-refractivity contribution < 1.29 is 0 Å². The van der Waals surface area contributed by atoms with E-state index in [2.05, 4.69) is 68.2 Å². The molecule has 3 nitrogen and oxygen atoms in total. The zero-order valence-corrected chi connectivity index (χ0v) is 14.3. The first-order valence-corrected chi connectivity index (χ1v) is 8.20. The minimum atomic E-state index is 0.453. The van der Waals surface area contributed by atoms with E-state index in [1.165, 1.54) is 42.7 Å². The SMILES string of the molecule is CCNC(CC1CN(C)CCN1C)c1ccc(C)cc1C. The summed E-state index contributed by atoms with van der Waals surface area (Å²) in [4.78, 5) is 4.98. The Hall–Kier alpha value is -0.900. The Morgan fingerprint density at radius 2 is 2.00 bits per heavy atom. The summed E-state index contributed by atoms with van der Waals surface area (Å²) < 4.78 is 0. The van der Waals surface area contributed by atoms with Crippen molar-refractivity contribution in [3.05, 3.63) is 34.9 Å². The fourth-order valence-electron chi connectivity index (χ4n) is 3.41. The number of rotatable bonds is 5. The maximum absolute atomic E-state index is 3.70. The molecule has 1 heterocycles. The lowest BCUT2D eigenvalue weighted by Crippen LogP contribution is -2.51. The predicted octanol–water partition coefficient (Wildman–Crippen LogP) is 2.59. The molecule has 2 rings (SSSR count). The average Bonchev–Trinajstić information content (AvgIpc) is 2.42. The molecule has 0 spiro atoms. The van der Waals surface area contributed by atoms with E-state index >= 15 is 0 Å². The first-order chi connectivity index (χ1) is 10.0. The van der Waals surface area contributed by atoms with Crippen molar-refractivity contribution in [1.82, 2.24) is 15.1 Å². The number of nitrogens with zero attached hydrogens (tertiary/aromatic N) is 2. The summed E-state index contributed by atoms with van der Waals surface area (Å²) in [5.41, 5.74) is 4.22. The van der Waals surface area contributed by atoms with Crippen LogP contribution in [0.3, 0.4) is 0 Å². The third-order valence-electron chi connectivity index (χ3n) is 4.74. The van der Waals surface area contributed by atoms with E-state index in [-0.39, 0.29) is 0 Å². The standard InChI is InChI=1S/C18H31N3/c1-6-19-18(17-8-7-14(2)11-15(17)3)12-16-13-20(4)9-10-21(16)5/h7-8,11,16,18-19H,6,9-10,12-13H2,1-5H3. The first-order valence-electron chi connectivity index (χ1n) is 8.20. The van der Waals surface area contributed by atoms with Crippen LogP contribution in [0.5, 0.6) is 0 Å². The molecule has 2 atom stereocenters. The third kappa shape index (κ3) is 4.29. The van der Waals surface area contributed by atoms with Gasteiger partial charge in [0.05, 0.1) is 0 Å². The van der Waals surface area contributed by atoms with Crippen LogP contribution in [0.2, 0.25) is 0 Å². The van der Waals surface area contributed by atoms with E-state index < -0.39 is 0 Å². The van der Waals surface area contributed by atoms with E-state index in [0.29, 0.717) is 12.1 Å². The lowest BCUT2D eigenvalue weighted by Gasteiger charge is -2.39. The topological polar surface area (TPSA) is 18.5 Å². The molecule has 1 aromatic rings. The van der Waals surface area contributed by atoms with Gasteiger partial charge in [-0.15, -0.1) is 0 Å². The average molecular weight is 289 g/mol. The van der Waals surface area contributed by atoms with E-state index in [0.717, 1.165) is 6.54 Å². The Morgan fingerprint density at radius 3 is 2.67 bits per heavy atom. The molecule has 0 bridgehead atoms. The van der Waals surface area contributed by atoms with Gasteiger partial charge in [0.1, 0.15) is 0 Å². The number of piperazine rings is 1. The molecule has 0 amide bonds. The monoisotopic (exact) mass is 289 g/mol. The normalized spacial score (nSPS) is 22.4. The van der Waals surface area contributed by atoms with Crippen LogP contribution in [0.15, 0.2) is 18.2 Å². The highest BCUT2D eigenvalue weighted by molar-refractivity contribution is 5.33. The van der Waals surface area contributed by atoms with Crippen molar-refractivity contribution >= 4 is 0 Å². The molecular formula is C18H31N3. The van der Waals surface area contributed by atoms with Crippen LogP contribution in [-0.2, 0) is 0 Å². The molecule has 1 fully saturated rings. The largest absolute Gasteiger partial charge is 0.310 e. The Balaban J connectivity index is 2.14. The van der Waals surface area contributed by atoms with Crippen molar-refractivity contribution in [2.45, 2.75) is 39.3 Å². The van der Waals surface area contributed by atoms with Gasteiger partial charge >= 0.3 is 0 Å². The van der Waals surface area contributed by atoms with Crippen molar-refractivity contribution in [3.8, 4) is 0 Å². The molecule has 0 saturated carbocycles. The Labute approximate surface area is 130 Å². The van der Waals surface area contributed by atoms with Gasteiger partial charge in [0.15, 0.2) is 0 Å². The molecular weight excluding hydrogens is 258 g/mol. The van der Waals surface area contributed by atoms with Gasteiger partial charge in [-0.05, 0) is 52.0 Å². The molecule has 1 saturated heterocycles. The number of aryl methyl sites for hydroxylation is 2. The van der Waals surface area contributed by atoms with Gasteiger partial charge in [0.25, 0.3) is 0 Å². The maximum atomic E-state index is 3.70. The molecule has 1 N–H and O–H groups in total.